The van der Waals surface area contributed by atoms with E-state index in [0.29, 0.717) is 16.3 Å². The summed E-state index contributed by atoms with van der Waals surface area (Å²) in [6.07, 6.45) is 2.61. The molecular weight excluding hydrogens is 372 g/mol. The smallest absolute Gasteiger partial charge is 0.260 e. The summed E-state index contributed by atoms with van der Waals surface area (Å²) >= 11 is 5.95. The topological polar surface area (TPSA) is 57.7 Å². The summed E-state index contributed by atoms with van der Waals surface area (Å²) in [6, 6.07) is 16.0. The van der Waals surface area contributed by atoms with Crippen LogP contribution in [0.2, 0.25) is 5.02 Å². The molecule has 1 aliphatic rings. The predicted octanol–water partition coefficient (Wildman–Crippen LogP) is 3.38. The fourth-order valence-electron chi connectivity index (χ4n) is 3.00. The zero-order chi connectivity index (χ0) is 19.1. The lowest BCUT2D eigenvalue weighted by Gasteiger charge is -2.33. The van der Waals surface area contributed by atoms with Crippen LogP contribution in [0.5, 0.6) is 0 Å². The average Bonchev–Trinajstić information content (AvgIpc) is 2.88. The minimum absolute atomic E-state index is 0.0358. The molecule has 7 heteroatoms. The van der Waals surface area contributed by atoms with Crippen LogP contribution in [0.3, 0.4) is 0 Å². The fourth-order valence-corrected chi connectivity index (χ4v) is 4.10. The van der Waals surface area contributed by atoms with Gasteiger partial charge in [-0.3, -0.25) is 9.80 Å². The zero-order valence-corrected chi connectivity index (χ0v) is 16.3. The van der Waals surface area contributed by atoms with Gasteiger partial charge in [0.05, 0.1) is 11.1 Å². The van der Waals surface area contributed by atoms with Crippen LogP contribution in [-0.4, -0.2) is 32.6 Å². The Balaban J connectivity index is 2.13. The van der Waals surface area contributed by atoms with Crippen LogP contribution >= 0.6 is 11.6 Å². The maximum Gasteiger partial charge on any atom is 0.260 e. The molecule has 0 bridgehead atoms. The van der Waals surface area contributed by atoms with Crippen LogP contribution in [0.15, 0.2) is 65.7 Å². The predicted molar refractivity (Wildman–Crippen MR) is 103 cm³/mol. The summed E-state index contributed by atoms with van der Waals surface area (Å²) in [5, 5.41) is 3.29. The molecule has 5 nitrogen and oxygen atoms in total. The molecule has 1 unspecified atom stereocenters. The number of hydrogen-bond donors (Lipinski definition) is 0. The number of nitrogens with zero attached hydrogens (tertiary/aromatic N) is 2. The van der Waals surface area contributed by atoms with E-state index < -0.39 is 15.3 Å². The number of para-hydroxylation sites is 1. The monoisotopic (exact) mass is 390 g/mol. The van der Waals surface area contributed by atoms with E-state index in [-0.39, 0.29) is 10.9 Å². The average molecular weight is 391 g/mol. The highest BCUT2D eigenvalue weighted by Gasteiger charge is 2.48. The third kappa shape index (κ3) is 3.10. The quantitative estimate of drug-likeness (QED) is 0.803. The van der Waals surface area contributed by atoms with Crippen molar-refractivity contribution in [1.82, 2.24) is 5.01 Å². The Hall–Kier alpha value is -2.31. The molecule has 0 N–H and O–H groups in total. The van der Waals surface area contributed by atoms with E-state index in [1.165, 1.54) is 11.1 Å². The second kappa shape index (κ2) is 6.45. The van der Waals surface area contributed by atoms with Crippen molar-refractivity contribution in [2.24, 2.45) is 0 Å². The van der Waals surface area contributed by atoms with Crippen LogP contribution in [0.1, 0.15) is 12.5 Å². The molecule has 26 heavy (non-hydrogen) atoms. The Labute approximate surface area is 158 Å². The van der Waals surface area contributed by atoms with Crippen molar-refractivity contribution >= 4 is 33.0 Å². The third-order valence-corrected chi connectivity index (χ3v) is 5.81. The van der Waals surface area contributed by atoms with Crippen LogP contribution in [-0.2, 0) is 20.0 Å². The molecular formula is C19H19ClN2O3S. The molecule has 136 valence electrons. The van der Waals surface area contributed by atoms with Crippen molar-refractivity contribution in [2.75, 3.05) is 18.3 Å². The van der Waals surface area contributed by atoms with Gasteiger partial charge in [-0.2, -0.15) is 0 Å². The lowest BCUT2D eigenvalue weighted by molar-refractivity contribution is -0.131. The Morgan fingerprint density at radius 3 is 2.15 bits per heavy atom. The minimum atomic E-state index is -3.63. The molecule has 1 heterocycles. The molecule has 1 atom stereocenters. The molecule has 3 rings (SSSR count). The van der Waals surface area contributed by atoms with Gasteiger partial charge in [0.1, 0.15) is 0 Å². The van der Waals surface area contributed by atoms with Crippen molar-refractivity contribution < 1.29 is 13.2 Å². The molecule has 0 saturated carbocycles. The van der Waals surface area contributed by atoms with Crippen LogP contribution in [0, 0.1) is 0 Å². The molecule has 1 amide bonds. The normalized spacial score (nSPS) is 20.2. The Kier molecular flexibility index (Phi) is 4.58. The van der Waals surface area contributed by atoms with Crippen LogP contribution in [0.25, 0.3) is 0 Å². The Morgan fingerprint density at radius 1 is 1.04 bits per heavy atom. The first kappa shape index (κ1) is 18.5. The number of rotatable bonds is 4. The van der Waals surface area contributed by atoms with Gasteiger partial charge in [0, 0.05) is 18.3 Å². The van der Waals surface area contributed by atoms with Crippen molar-refractivity contribution in [3.63, 3.8) is 0 Å². The van der Waals surface area contributed by atoms with E-state index in [1.807, 2.05) is 30.3 Å². The highest BCUT2D eigenvalue weighted by atomic mass is 35.5. The number of hydrazine groups is 1. The second-order valence-electron chi connectivity index (χ2n) is 6.44. The molecule has 0 fully saturated rings. The van der Waals surface area contributed by atoms with E-state index in [0.717, 1.165) is 6.26 Å². The molecule has 0 saturated heterocycles. The van der Waals surface area contributed by atoms with Crippen molar-refractivity contribution in [2.45, 2.75) is 12.3 Å². The fraction of sp³-hybridized carbons (Fsp3) is 0.211. The summed E-state index contributed by atoms with van der Waals surface area (Å²) in [6.45, 7) is 1.71. The maximum atomic E-state index is 13.3. The number of carbonyl (C=O) groups excluding carboxylic acids is 1. The van der Waals surface area contributed by atoms with E-state index >= 15 is 0 Å². The summed E-state index contributed by atoms with van der Waals surface area (Å²) in [5.74, 6) is -0.341. The van der Waals surface area contributed by atoms with Crippen molar-refractivity contribution in [1.29, 1.82) is 0 Å². The second-order valence-corrected chi connectivity index (χ2v) is 8.84. The van der Waals surface area contributed by atoms with Gasteiger partial charge in [-0.05, 0) is 42.8 Å². The first-order valence-electron chi connectivity index (χ1n) is 7.97. The summed E-state index contributed by atoms with van der Waals surface area (Å²) < 4.78 is 24.8. The summed E-state index contributed by atoms with van der Waals surface area (Å²) in [4.78, 5) is 13.3. The number of amides is 1. The molecule has 0 aliphatic carbocycles. The van der Waals surface area contributed by atoms with E-state index in [1.54, 1.807) is 43.2 Å². The van der Waals surface area contributed by atoms with E-state index in [2.05, 4.69) is 0 Å². The molecule has 0 aromatic heterocycles. The van der Waals surface area contributed by atoms with Gasteiger partial charge in [-0.15, -0.1) is 0 Å². The van der Waals surface area contributed by atoms with Gasteiger partial charge in [-0.25, -0.2) is 13.4 Å². The molecule has 0 radical (unpaired) electrons. The van der Waals surface area contributed by atoms with E-state index in [4.69, 9.17) is 11.6 Å². The van der Waals surface area contributed by atoms with Crippen molar-refractivity contribution in [3.8, 4) is 0 Å². The third-order valence-electron chi connectivity index (χ3n) is 4.51. The van der Waals surface area contributed by atoms with Gasteiger partial charge < -0.3 is 0 Å². The number of sulfone groups is 1. The summed E-state index contributed by atoms with van der Waals surface area (Å²) in [5.41, 5.74) is 0.277. The van der Waals surface area contributed by atoms with Gasteiger partial charge in [0.15, 0.2) is 14.9 Å². The number of benzene rings is 2. The molecule has 2 aromatic carbocycles. The highest BCUT2D eigenvalue weighted by molar-refractivity contribution is 7.94. The van der Waals surface area contributed by atoms with Crippen LogP contribution < -0.4 is 5.01 Å². The highest BCUT2D eigenvalue weighted by Crippen LogP contribution is 2.39. The first-order chi connectivity index (χ1) is 12.1. The largest absolute Gasteiger partial charge is 0.281 e. The number of carbonyl (C=O) groups is 1. The van der Waals surface area contributed by atoms with Gasteiger partial charge in [0.2, 0.25) is 0 Å². The minimum Gasteiger partial charge on any atom is -0.281 e. The molecule has 1 aliphatic heterocycles. The van der Waals surface area contributed by atoms with E-state index in [9.17, 15) is 13.2 Å². The first-order valence-corrected chi connectivity index (χ1v) is 10.2. The Morgan fingerprint density at radius 2 is 1.62 bits per heavy atom. The molecule has 2 aromatic rings. The molecule has 0 spiro atoms. The SMILES string of the molecule is CN(c1ccccc1)N1C(=O)C(C)(c2ccc(Cl)cc2)C=C1S(C)(=O)=O. The van der Waals surface area contributed by atoms with Crippen molar-refractivity contribution in [3.05, 3.63) is 76.3 Å². The number of anilines is 1. The van der Waals surface area contributed by atoms with Gasteiger partial charge in [-0.1, -0.05) is 41.9 Å². The van der Waals surface area contributed by atoms with Gasteiger partial charge in [0.25, 0.3) is 5.91 Å². The lowest BCUT2D eigenvalue weighted by atomic mass is 9.83. The number of halogens is 1. The lowest BCUT2D eigenvalue weighted by Crippen LogP contribution is -2.47. The summed E-state index contributed by atoms with van der Waals surface area (Å²) in [7, 11) is -1.96. The van der Waals surface area contributed by atoms with Gasteiger partial charge >= 0.3 is 0 Å². The maximum absolute atomic E-state index is 13.3. The standard InChI is InChI=1S/C19H19ClN2O3S/c1-19(14-9-11-15(20)12-10-14)13-17(26(3,24)25)22(18(19)23)21(2)16-7-5-4-6-8-16/h4-13H,1-3H3. The van der Waals surface area contributed by atoms with Crippen LogP contribution in [0.4, 0.5) is 5.69 Å². The zero-order valence-electron chi connectivity index (χ0n) is 14.7. The Bertz CT molecular complexity index is 972. The number of hydrogen-bond acceptors (Lipinski definition) is 4.